The first-order valence-electron chi connectivity index (χ1n) is 10.6. The molecule has 0 heterocycles. The molecule has 0 amide bonds. The summed E-state index contributed by atoms with van der Waals surface area (Å²) in [5, 5.41) is 0. The lowest BCUT2D eigenvalue weighted by Crippen LogP contribution is -2.08. The molecule has 0 radical (unpaired) electrons. The van der Waals surface area contributed by atoms with Crippen LogP contribution in [0.4, 0.5) is 0 Å². The number of esters is 1. The first kappa shape index (κ1) is 21.5. The van der Waals surface area contributed by atoms with Crippen LogP contribution in [0.15, 0.2) is 0 Å². The lowest BCUT2D eigenvalue weighted by atomic mass is 9.89. The minimum Gasteiger partial charge on any atom is -0.465 e. The van der Waals surface area contributed by atoms with Gasteiger partial charge < -0.3 is 4.74 Å². The standard InChI is InChI=1S/C22H42O2/c1-5-6-7-8-9-11-14-19-17-20(19)18-24-21(23)15-12-10-13-16-22(2,3)4/h19-20H,5-18H2,1-4H3. The molecule has 2 nitrogen and oxygen atoms in total. The van der Waals surface area contributed by atoms with Gasteiger partial charge in [-0.1, -0.05) is 85.5 Å². The van der Waals surface area contributed by atoms with Gasteiger partial charge >= 0.3 is 5.97 Å². The molecule has 2 atom stereocenters. The fourth-order valence-corrected chi connectivity index (χ4v) is 3.43. The summed E-state index contributed by atoms with van der Waals surface area (Å²) in [6.45, 7) is 9.78. The molecule has 2 unspecified atom stereocenters. The third-order valence-electron chi connectivity index (χ3n) is 5.26. The van der Waals surface area contributed by atoms with Crippen molar-refractivity contribution in [2.24, 2.45) is 17.3 Å². The minimum absolute atomic E-state index is 0.0241. The van der Waals surface area contributed by atoms with Gasteiger partial charge in [0.1, 0.15) is 0 Å². The summed E-state index contributed by atoms with van der Waals surface area (Å²) in [5.41, 5.74) is 0.414. The Morgan fingerprint density at radius 3 is 2.29 bits per heavy atom. The highest BCUT2D eigenvalue weighted by molar-refractivity contribution is 5.69. The van der Waals surface area contributed by atoms with E-state index < -0.39 is 0 Å². The zero-order valence-corrected chi connectivity index (χ0v) is 16.9. The van der Waals surface area contributed by atoms with Gasteiger partial charge in [-0.3, -0.25) is 4.79 Å². The quantitative estimate of drug-likeness (QED) is 0.254. The maximum atomic E-state index is 11.8. The van der Waals surface area contributed by atoms with Crippen LogP contribution in [-0.4, -0.2) is 12.6 Å². The van der Waals surface area contributed by atoms with E-state index in [9.17, 15) is 4.79 Å². The second-order valence-corrected chi connectivity index (χ2v) is 9.12. The van der Waals surface area contributed by atoms with E-state index in [-0.39, 0.29) is 5.97 Å². The van der Waals surface area contributed by atoms with Gasteiger partial charge in [0.15, 0.2) is 0 Å². The largest absolute Gasteiger partial charge is 0.465 e. The molecule has 0 aliphatic heterocycles. The van der Waals surface area contributed by atoms with Gasteiger partial charge in [-0.25, -0.2) is 0 Å². The molecule has 1 fully saturated rings. The van der Waals surface area contributed by atoms with E-state index in [2.05, 4.69) is 27.7 Å². The van der Waals surface area contributed by atoms with Crippen molar-refractivity contribution >= 4 is 5.97 Å². The number of rotatable bonds is 14. The zero-order valence-electron chi connectivity index (χ0n) is 16.9. The Bertz CT molecular complexity index is 329. The number of hydrogen-bond acceptors (Lipinski definition) is 2. The van der Waals surface area contributed by atoms with Crippen LogP contribution in [0.25, 0.3) is 0 Å². The van der Waals surface area contributed by atoms with Crippen molar-refractivity contribution in [1.29, 1.82) is 0 Å². The summed E-state index contributed by atoms with van der Waals surface area (Å²) in [4.78, 5) is 11.8. The lowest BCUT2D eigenvalue weighted by Gasteiger charge is -2.17. The third kappa shape index (κ3) is 11.9. The summed E-state index contributed by atoms with van der Waals surface area (Å²) in [7, 11) is 0. The fourth-order valence-electron chi connectivity index (χ4n) is 3.43. The van der Waals surface area contributed by atoms with E-state index >= 15 is 0 Å². The molecule has 0 N–H and O–H groups in total. The Kier molecular flexibility index (Phi) is 10.7. The highest BCUT2D eigenvalue weighted by Gasteiger charge is 2.37. The van der Waals surface area contributed by atoms with Gasteiger partial charge in [0.25, 0.3) is 0 Å². The van der Waals surface area contributed by atoms with Crippen LogP contribution in [-0.2, 0) is 9.53 Å². The number of unbranched alkanes of at least 4 members (excludes halogenated alkanes) is 7. The first-order valence-corrected chi connectivity index (χ1v) is 10.6. The Labute approximate surface area is 151 Å². The summed E-state index contributed by atoms with van der Waals surface area (Å²) in [5.74, 6) is 1.54. The Morgan fingerprint density at radius 1 is 0.917 bits per heavy atom. The first-order chi connectivity index (χ1) is 11.4. The molecule has 2 heteroatoms. The predicted molar refractivity (Wildman–Crippen MR) is 103 cm³/mol. The van der Waals surface area contributed by atoms with Crippen molar-refractivity contribution in [1.82, 2.24) is 0 Å². The molecule has 0 aromatic rings. The van der Waals surface area contributed by atoms with Crippen molar-refractivity contribution in [2.75, 3.05) is 6.61 Å². The van der Waals surface area contributed by atoms with Gasteiger partial charge in [-0.15, -0.1) is 0 Å². The molecule has 1 rings (SSSR count). The molecule has 142 valence electrons. The van der Waals surface area contributed by atoms with Crippen molar-refractivity contribution in [2.45, 2.75) is 111 Å². The smallest absolute Gasteiger partial charge is 0.305 e. The topological polar surface area (TPSA) is 26.3 Å². The molecule has 1 saturated carbocycles. The van der Waals surface area contributed by atoms with E-state index in [4.69, 9.17) is 4.74 Å². The van der Waals surface area contributed by atoms with Crippen LogP contribution in [0, 0.1) is 17.3 Å². The molecule has 1 aliphatic carbocycles. The lowest BCUT2D eigenvalue weighted by molar-refractivity contribution is -0.144. The SMILES string of the molecule is CCCCCCCCC1CC1COC(=O)CCCCCC(C)(C)C. The second kappa shape index (κ2) is 11.9. The molecule has 0 aromatic carbocycles. The van der Waals surface area contributed by atoms with E-state index in [1.807, 2.05) is 0 Å². The number of hydrogen-bond donors (Lipinski definition) is 0. The molecule has 1 aliphatic rings. The van der Waals surface area contributed by atoms with E-state index in [1.54, 1.807) is 0 Å². The van der Waals surface area contributed by atoms with Crippen LogP contribution < -0.4 is 0 Å². The number of carbonyl (C=O) groups is 1. The fraction of sp³-hybridized carbons (Fsp3) is 0.955. The number of ether oxygens (including phenoxy) is 1. The van der Waals surface area contributed by atoms with Gasteiger partial charge in [-0.2, -0.15) is 0 Å². The normalized spacial score (nSPS) is 20.2. The maximum Gasteiger partial charge on any atom is 0.305 e. The highest BCUT2D eigenvalue weighted by atomic mass is 16.5. The molecule has 0 bridgehead atoms. The zero-order chi connectivity index (χ0) is 17.8. The predicted octanol–water partition coefficient (Wildman–Crippen LogP) is 6.91. The summed E-state index contributed by atoms with van der Waals surface area (Å²) in [6.07, 6.45) is 16.1. The van der Waals surface area contributed by atoms with Crippen molar-refractivity contribution in [3.63, 3.8) is 0 Å². The van der Waals surface area contributed by atoms with Crippen molar-refractivity contribution in [3.8, 4) is 0 Å². The van der Waals surface area contributed by atoms with Gasteiger partial charge in [-0.05, 0) is 36.5 Å². The van der Waals surface area contributed by atoms with Crippen molar-refractivity contribution < 1.29 is 9.53 Å². The van der Waals surface area contributed by atoms with E-state index in [1.165, 1.54) is 64.2 Å². The number of carbonyl (C=O) groups excluding carboxylic acids is 1. The van der Waals surface area contributed by atoms with Gasteiger partial charge in [0, 0.05) is 6.42 Å². The maximum absolute atomic E-state index is 11.8. The molecule has 0 saturated heterocycles. The Balaban J connectivity index is 1.88. The summed E-state index contributed by atoms with van der Waals surface area (Å²) < 4.78 is 5.46. The molecule has 0 spiro atoms. The van der Waals surface area contributed by atoms with Crippen LogP contribution in [0.5, 0.6) is 0 Å². The summed E-state index contributed by atoms with van der Waals surface area (Å²) in [6, 6.07) is 0. The monoisotopic (exact) mass is 338 g/mol. The van der Waals surface area contributed by atoms with Crippen molar-refractivity contribution in [3.05, 3.63) is 0 Å². The van der Waals surface area contributed by atoms with Crippen LogP contribution in [0.2, 0.25) is 0 Å². The average molecular weight is 339 g/mol. The second-order valence-electron chi connectivity index (χ2n) is 9.12. The van der Waals surface area contributed by atoms with E-state index in [0.717, 1.165) is 18.8 Å². The van der Waals surface area contributed by atoms with Crippen LogP contribution in [0.1, 0.15) is 111 Å². The highest BCUT2D eigenvalue weighted by Crippen LogP contribution is 2.42. The van der Waals surface area contributed by atoms with Crippen LogP contribution in [0.3, 0.4) is 0 Å². The molecular weight excluding hydrogens is 296 g/mol. The third-order valence-corrected chi connectivity index (χ3v) is 5.26. The van der Waals surface area contributed by atoms with Gasteiger partial charge in [0.05, 0.1) is 6.61 Å². The van der Waals surface area contributed by atoms with E-state index in [0.29, 0.717) is 24.4 Å². The molecule has 24 heavy (non-hydrogen) atoms. The Hall–Kier alpha value is -0.530. The van der Waals surface area contributed by atoms with Crippen LogP contribution >= 0.6 is 0 Å². The van der Waals surface area contributed by atoms with Gasteiger partial charge in [0.2, 0.25) is 0 Å². The average Bonchev–Trinajstić information content (AvgIpc) is 3.26. The molecule has 0 aromatic heterocycles. The molecular formula is C22H42O2. The summed E-state index contributed by atoms with van der Waals surface area (Å²) >= 11 is 0. The Morgan fingerprint density at radius 2 is 1.58 bits per heavy atom. The minimum atomic E-state index is 0.0241.